The number of allylic oxidation sites excluding steroid dienone is 2. The van der Waals surface area contributed by atoms with Crippen molar-refractivity contribution in [2.24, 2.45) is 5.92 Å². The molecule has 3 rings (SSSR count). The fourth-order valence-electron chi connectivity index (χ4n) is 3.09. The Kier molecular flexibility index (Phi) is 5.06. The van der Waals surface area contributed by atoms with E-state index < -0.39 is 5.85 Å². The Labute approximate surface area is 132 Å². The number of hydrogen-bond donors (Lipinski definition) is 0. The fraction of sp³-hybridized carbons (Fsp3) is 0.474. The summed E-state index contributed by atoms with van der Waals surface area (Å²) in [6.45, 7) is 3.67. The van der Waals surface area contributed by atoms with Crippen molar-refractivity contribution in [3.63, 3.8) is 0 Å². The molecule has 0 amide bonds. The summed E-state index contributed by atoms with van der Waals surface area (Å²) in [5, 5.41) is 0. The molecule has 1 atom stereocenters. The summed E-state index contributed by atoms with van der Waals surface area (Å²) in [7, 11) is 0. The second-order valence-corrected chi connectivity index (χ2v) is 6.29. The van der Waals surface area contributed by atoms with Crippen molar-refractivity contribution < 1.29 is 9.13 Å². The van der Waals surface area contributed by atoms with Crippen LogP contribution in [0.2, 0.25) is 0 Å². The summed E-state index contributed by atoms with van der Waals surface area (Å²) >= 11 is 0. The largest absolute Gasteiger partial charge is 0.342 e. The number of likely N-dealkylation sites (tertiary alicyclic amines) is 1. The molecule has 22 heavy (non-hydrogen) atoms. The maximum absolute atomic E-state index is 14.3. The number of ether oxygens (including phenoxy) is 1. The molecule has 1 saturated heterocycles. The maximum atomic E-state index is 14.3. The summed E-state index contributed by atoms with van der Waals surface area (Å²) in [6.07, 6.45) is 9.44. The van der Waals surface area contributed by atoms with Gasteiger partial charge in [-0.05, 0) is 43.5 Å². The van der Waals surface area contributed by atoms with Crippen LogP contribution in [-0.4, -0.2) is 30.5 Å². The molecule has 1 aliphatic heterocycles. The van der Waals surface area contributed by atoms with E-state index in [-0.39, 0.29) is 0 Å². The van der Waals surface area contributed by atoms with Crippen LogP contribution < -0.4 is 0 Å². The van der Waals surface area contributed by atoms with Crippen LogP contribution in [-0.2, 0) is 11.3 Å². The first-order chi connectivity index (χ1) is 10.7. The van der Waals surface area contributed by atoms with Crippen molar-refractivity contribution in [3.05, 3.63) is 60.2 Å². The number of nitrogens with zero attached hydrogens (tertiary/aromatic N) is 1. The molecule has 1 aliphatic carbocycles. The lowest BCUT2D eigenvalue weighted by Crippen LogP contribution is -2.36. The molecule has 0 radical (unpaired) electrons. The first-order valence-corrected chi connectivity index (χ1v) is 8.17. The van der Waals surface area contributed by atoms with Crippen LogP contribution in [0.1, 0.15) is 24.8 Å². The van der Waals surface area contributed by atoms with E-state index in [4.69, 9.17) is 4.74 Å². The molecular weight excluding hydrogens is 277 g/mol. The van der Waals surface area contributed by atoms with Gasteiger partial charge in [0.1, 0.15) is 0 Å². The minimum Gasteiger partial charge on any atom is -0.342 e. The topological polar surface area (TPSA) is 12.5 Å². The zero-order chi connectivity index (χ0) is 15.3. The van der Waals surface area contributed by atoms with E-state index in [0.29, 0.717) is 18.9 Å². The van der Waals surface area contributed by atoms with Crippen molar-refractivity contribution in [1.82, 2.24) is 4.90 Å². The van der Waals surface area contributed by atoms with E-state index in [9.17, 15) is 4.39 Å². The standard InChI is InChI=1S/C19H24FNO/c20-19(11-5-2-6-12-19)22-16-18-9-13-21(14-10-18)15-17-7-3-1-4-8-17/h1-8,11,18H,9-10,12-16H2. The minimum absolute atomic E-state index is 0.330. The van der Waals surface area contributed by atoms with E-state index in [1.54, 1.807) is 6.08 Å². The third-order valence-corrected chi connectivity index (χ3v) is 4.50. The molecule has 0 bridgehead atoms. The van der Waals surface area contributed by atoms with Gasteiger partial charge in [0.05, 0.1) is 6.61 Å². The first-order valence-electron chi connectivity index (χ1n) is 8.17. The summed E-state index contributed by atoms with van der Waals surface area (Å²) in [5.74, 6) is -1.12. The summed E-state index contributed by atoms with van der Waals surface area (Å²) in [6, 6.07) is 10.6. The van der Waals surface area contributed by atoms with Gasteiger partial charge < -0.3 is 4.74 Å². The molecule has 0 spiro atoms. The molecule has 2 nitrogen and oxygen atoms in total. The number of hydrogen-bond acceptors (Lipinski definition) is 2. The second-order valence-electron chi connectivity index (χ2n) is 6.29. The SMILES string of the molecule is FC1(OCC2CCN(Cc3ccccc3)CC2)C=CC=CC1. The number of rotatable bonds is 5. The van der Waals surface area contributed by atoms with Crippen LogP contribution in [0.25, 0.3) is 0 Å². The molecule has 1 unspecified atom stereocenters. The van der Waals surface area contributed by atoms with Gasteiger partial charge in [0.25, 0.3) is 0 Å². The third kappa shape index (κ3) is 4.28. The lowest BCUT2D eigenvalue weighted by molar-refractivity contribution is -0.120. The highest BCUT2D eigenvalue weighted by molar-refractivity contribution is 5.15. The molecule has 1 heterocycles. The van der Waals surface area contributed by atoms with Crippen LogP contribution in [0.4, 0.5) is 4.39 Å². The van der Waals surface area contributed by atoms with Crippen LogP contribution in [0.15, 0.2) is 54.6 Å². The number of halogens is 1. The molecule has 118 valence electrons. The van der Waals surface area contributed by atoms with E-state index >= 15 is 0 Å². The normalized spacial score (nSPS) is 26.4. The monoisotopic (exact) mass is 301 g/mol. The zero-order valence-corrected chi connectivity index (χ0v) is 13.0. The molecule has 0 N–H and O–H groups in total. The number of piperidine rings is 1. The number of alkyl halides is 1. The predicted molar refractivity (Wildman–Crippen MR) is 87.1 cm³/mol. The third-order valence-electron chi connectivity index (χ3n) is 4.50. The second kappa shape index (κ2) is 7.21. The molecule has 0 aromatic heterocycles. The minimum atomic E-state index is -1.59. The average molecular weight is 301 g/mol. The summed E-state index contributed by atoms with van der Waals surface area (Å²) < 4.78 is 19.9. The Morgan fingerprint density at radius 1 is 1.14 bits per heavy atom. The average Bonchev–Trinajstić information content (AvgIpc) is 2.56. The fourth-order valence-corrected chi connectivity index (χ4v) is 3.09. The molecule has 2 aliphatic rings. The van der Waals surface area contributed by atoms with E-state index in [1.165, 1.54) is 11.6 Å². The van der Waals surface area contributed by atoms with Crippen molar-refractivity contribution in [1.29, 1.82) is 0 Å². The van der Waals surface area contributed by atoms with Gasteiger partial charge >= 0.3 is 0 Å². The van der Waals surface area contributed by atoms with Crippen LogP contribution >= 0.6 is 0 Å². The van der Waals surface area contributed by atoms with E-state index in [0.717, 1.165) is 32.5 Å². The molecule has 1 aromatic carbocycles. The van der Waals surface area contributed by atoms with Crippen molar-refractivity contribution >= 4 is 0 Å². The molecule has 1 aromatic rings. The smallest absolute Gasteiger partial charge is 0.232 e. The quantitative estimate of drug-likeness (QED) is 0.812. The summed E-state index contributed by atoms with van der Waals surface area (Å²) in [4.78, 5) is 2.47. The Morgan fingerprint density at radius 3 is 2.59 bits per heavy atom. The maximum Gasteiger partial charge on any atom is 0.232 e. The highest BCUT2D eigenvalue weighted by atomic mass is 19.2. The molecule has 1 fully saturated rings. The zero-order valence-electron chi connectivity index (χ0n) is 13.0. The van der Waals surface area contributed by atoms with Crippen molar-refractivity contribution in [2.45, 2.75) is 31.7 Å². The van der Waals surface area contributed by atoms with Gasteiger partial charge in [0.2, 0.25) is 5.85 Å². The van der Waals surface area contributed by atoms with Gasteiger partial charge in [-0.3, -0.25) is 4.90 Å². The van der Waals surface area contributed by atoms with Crippen molar-refractivity contribution in [3.8, 4) is 0 Å². The van der Waals surface area contributed by atoms with Crippen LogP contribution in [0.3, 0.4) is 0 Å². The van der Waals surface area contributed by atoms with Gasteiger partial charge in [-0.2, -0.15) is 0 Å². The highest BCUT2D eigenvalue weighted by Crippen LogP contribution is 2.27. The lowest BCUT2D eigenvalue weighted by atomic mass is 9.97. The first kappa shape index (κ1) is 15.4. The predicted octanol–water partition coefficient (Wildman–Crippen LogP) is 4.10. The summed E-state index contributed by atoms with van der Waals surface area (Å²) in [5.41, 5.74) is 1.36. The molecule has 0 saturated carbocycles. The Balaban J connectivity index is 1.40. The van der Waals surface area contributed by atoms with Gasteiger partial charge in [0.15, 0.2) is 0 Å². The van der Waals surface area contributed by atoms with E-state index in [2.05, 4.69) is 35.2 Å². The molecular formula is C19H24FNO. The molecule has 3 heteroatoms. The van der Waals surface area contributed by atoms with Crippen LogP contribution in [0, 0.1) is 5.92 Å². The van der Waals surface area contributed by atoms with Gasteiger partial charge in [-0.15, -0.1) is 0 Å². The van der Waals surface area contributed by atoms with Crippen LogP contribution in [0.5, 0.6) is 0 Å². The number of benzene rings is 1. The highest BCUT2D eigenvalue weighted by Gasteiger charge is 2.29. The van der Waals surface area contributed by atoms with Crippen molar-refractivity contribution in [2.75, 3.05) is 19.7 Å². The van der Waals surface area contributed by atoms with Gasteiger partial charge in [0, 0.05) is 13.0 Å². The Hall–Kier alpha value is -1.45. The van der Waals surface area contributed by atoms with Gasteiger partial charge in [-0.25, -0.2) is 4.39 Å². The lowest BCUT2D eigenvalue weighted by Gasteiger charge is -2.33. The Morgan fingerprint density at radius 2 is 1.91 bits per heavy atom. The van der Waals surface area contributed by atoms with E-state index in [1.807, 2.05) is 12.2 Å². The Bertz CT molecular complexity index is 519. The van der Waals surface area contributed by atoms with Gasteiger partial charge in [-0.1, -0.05) is 48.6 Å².